The Morgan fingerprint density at radius 3 is 2.65 bits per heavy atom. The maximum Gasteiger partial charge on any atom is 0.316 e. The average Bonchev–Trinajstić information content (AvgIpc) is 3.15. The van der Waals surface area contributed by atoms with Crippen molar-refractivity contribution < 1.29 is 18.7 Å². The normalized spacial score (nSPS) is 10.5. The molecule has 0 N–H and O–H groups in total. The summed E-state index contributed by atoms with van der Waals surface area (Å²) in [5.41, 5.74) is 1.53. The summed E-state index contributed by atoms with van der Waals surface area (Å²) < 4.78 is 15.9. The van der Waals surface area contributed by atoms with Crippen LogP contribution in [0.15, 0.2) is 58.2 Å². The minimum Gasteiger partial charge on any atom is -0.497 e. The van der Waals surface area contributed by atoms with Gasteiger partial charge in [0.15, 0.2) is 0 Å². The fourth-order valence-electron chi connectivity index (χ4n) is 2.05. The zero-order valence-electron chi connectivity index (χ0n) is 13.8. The van der Waals surface area contributed by atoms with Crippen LogP contribution >= 0.6 is 23.4 Å². The maximum absolute atomic E-state index is 11.9. The third-order valence-corrected chi connectivity index (χ3v) is 4.56. The van der Waals surface area contributed by atoms with Crippen molar-refractivity contribution in [3.8, 4) is 17.2 Å². The van der Waals surface area contributed by atoms with Crippen molar-refractivity contribution >= 4 is 29.3 Å². The van der Waals surface area contributed by atoms with Crippen molar-refractivity contribution in [1.29, 1.82) is 0 Å². The molecule has 1 aromatic heterocycles. The van der Waals surface area contributed by atoms with Crippen LogP contribution < -0.4 is 4.74 Å². The van der Waals surface area contributed by atoms with Crippen molar-refractivity contribution in [2.75, 3.05) is 12.9 Å². The van der Waals surface area contributed by atoms with Crippen LogP contribution in [-0.4, -0.2) is 29.0 Å². The number of esters is 1. The Hall–Kier alpha value is -2.51. The first-order chi connectivity index (χ1) is 12.7. The van der Waals surface area contributed by atoms with Gasteiger partial charge in [-0.2, -0.15) is 0 Å². The summed E-state index contributed by atoms with van der Waals surface area (Å²) in [5.74, 6) is 0.789. The molecule has 3 rings (SSSR count). The molecule has 0 amide bonds. The van der Waals surface area contributed by atoms with Crippen LogP contribution in [0.3, 0.4) is 0 Å². The van der Waals surface area contributed by atoms with Crippen LogP contribution in [0.25, 0.3) is 11.5 Å². The summed E-state index contributed by atoms with van der Waals surface area (Å²) in [4.78, 5) is 11.9. The molecular formula is C18H15ClN2O4S. The fourth-order valence-corrected chi connectivity index (χ4v) is 2.81. The second kappa shape index (κ2) is 8.73. The molecule has 26 heavy (non-hydrogen) atoms. The number of carbonyl (C=O) groups excluding carboxylic acids is 1. The van der Waals surface area contributed by atoms with E-state index in [1.807, 2.05) is 30.3 Å². The first-order valence-electron chi connectivity index (χ1n) is 7.65. The topological polar surface area (TPSA) is 74.5 Å². The summed E-state index contributed by atoms with van der Waals surface area (Å²) in [6.45, 7) is 0.125. The first-order valence-corrected chi connectivity index (χ1v) is 9.02. The molecule has 0 aliphatic heterocycles. The molecule has 2 aromatic carbocycles. The highest BCUT2D eigenvalue weighted by atomic mass is 35.5. The van der Waals surface area contributed by atoms with Crippen LogP contribution in [0, 0.1) is 0 Å². The van der Waals surface area contributed by atoms with Crippen LogP contribution in [0.1, 0.15) is 5.56 Å². The number of halogens is 1. The Kier molecular flexibility index (Phi) is 6.14. The van der Waals surface area contributed by atoms with Gasteiger partial charge in [0.1, 0.15) is 18.1 Å². The molecule has 0 unspecified atom stereocenters. The van der Waals surface area contributed by atoms with E-state index in [0.717, 1.165) is 28.6 Å². The van der Waals surface area contributed by atoms with Crippen LogP contribution in [-0.2, 0) is 16.1 Å². The van der Waals surface area contributed by atoms with Crippen molar-refractivity contribution in [1.82, 2.24) is 10.2 Å². The molecule has 0 saturated heterocycles. The van der Waals surface area contributed by atoms with E-state index in [4.69, 9.17) is 25.5 Å². The second-order valence-corrected chi connectivity index (χ2v) is 6.48. The molecule has 0 aliphatic carbocycles. The van der Waals surface area contributed by atoms with Gasteiger partial charge in [-0.05, 0) is 30.3 Å². The Labute approximate surface area is 159 Å². The third-order valence-electron chi connectivity index (χ3n) is 3.40. The number of hydrogen-bond donors (Lipinski definition) is 0. The van der Waals surface area contributed by atoms with Gasteiger partial charge in [-0.15, -0.1) is 10.2 Å². The lowest BCUT2D eigenvalue weighted by Gasteiger charge is -2.05. The highest BCUT2D eigenvalue weighted by molar-refractivity contribution is 7.99. The lowest BCUT2D eigenvalue weighted by Crippen LogP contribution is -2.07. The summed E-state index contributed by atoms with van der Waals surface area (Å²) in [6.07, 6.45) is 0. The van der Waals surface area contributed by atoms with E-state index in [1.165, 1.54) is 0 Å². The zero-order valence-corrected chi connectivity index (χ0v) is 15.4. The summed E-state index contributed by atoms with van der Waals surface area (Å²) in [7, 11) is 1.60. The molecule has 3 aromatic rings. The lowest BCUT2D eigenvalue weighted by atomic mass is 10.2. The van der Waals surface area contributed by atoms with Crippen LogP contribution in [0.4, 0.5) is 0 Å². The monoisotopic (exact) mass is 390 g/mol. The van der Waals surface area contributed by atoms with E-state index < -0.39 is 0 Å². The number of aromatic nitrogens is 2. The molecule has 6 nitrogen and oxygen atoms in total. The molecule has 0 radical (unpaired) electrons. The van der Waals surface area contributed by atoms with Gasteiger partial charge in [-0.25, -0.2) is 0 Å². The summed E-state index contributed by atoms with van der Waals surface area (Å²) >= 11 is 7.14. The number of methoxy groups -OCH3 is 1. The van der Waals surface area contributed by atoms with E-state index in [0.29, 0.717) is 16.1 Å². The molecule has 0 aliphatic rings. The highest BCUT2D eigenvalue weighted by Crippen LogP contribution is 2.25. The van der Waals surface area contributed by atoms with Crippen molar-refractivity contribution in [3.05, 3.63) is 59.1 Å². The Morgan fingerprint density at radius 2 is 1.92 bits per heavy atom. The van der Waals surface area contributed by atoms with Crippen molar-refractivity contribution in [2.45, 2.75) is 11.8 Å². The van der Waals surface area contributed by atoms with E-state index in [9.17, 15) is 4.79 Å². The minimum absolute atomic E-state index is 0.0642. The van der Waals surface area contributed by atoms with Crippen molar-refractivity contribution in [2.24, 2.45) is 0 Å². The highest BCUT2D eigenvalue weighted by Gasteiger charge is 2.12. The SMILES string of the molecule is COc1ccc(-c2nnc(SCC(=O)OCc3ccccc3Cl)o2)cc1. The molecule has 8 heteroatoms. The molecule has 0 saturated carbocycles. The molecular weight excluding hydrogens is 376 g/mol. The van der Waals surface area contributed by atoms with E-state index >= 15 is 0 Å². The molecule has 0 fully saturated rings. The largest absolute Gasteiger partial charge is 0.497 e. The molecule has 0 bridgehead atoms. The standard InChI is InChI=1S/C18H15ClN2O4S/c1-23-14-8-6-12(7-9-14)17-20-21-18(25-17)26-11-16(22)24-10-13-4-2-3-5-15(13)19/h2-9H,10-11H2,1H3. The fraction of sp³-hybridized carbons (Fsp3) is 0.167. The van der Waals surface area contributed by atoms with Gasteiger partial charge in [-0.3, -0.25) is 4.79 Å². The first kappa shape index (κ1) is 18.3. The van der Waals surface area contributed by atoms with Gasteiger partial charge in [0.25, 0.3) is 5.22 Å². The van der Waals surface area contributed by atoms with Gasteiger partial charge in [-0.1, -0.05) is 41.6 Å². The number of nitrogens with zero attached hydrogens (tertiary/aromatic N) is 2. The number of hydrogen-bond acceptors (Lipinski definition) is 7. The lowest BCUT2D eigenvalue weighted by molar-refractivity contribution is -0.141. The zero-order chi connectivity index (χ0) is 18.4. The van der Waals surface area contributed by atoms with Crippen LogP contribution in [0.5, 0.6) is 5.75 Å². The molecule has 0 atom stereocenters. The van der Waals surface area contributed by atoms with Gasteiger partial charge < -0.3 is 13.9 Å². The number of thioether (sulfide) groups is 1. The Balaban J connectivity index is 1.51. The third kappa shape index (κ3) is 4.77. The van der Waals surface area contributed by atoms with Gasteiger partial charge in [0, 0.05) is 16.1 Å². The number of carbonyl (C=O) groups is 1. The molecule has 0 spiro atoms. The van der Waals surface area contributed by atoms with E-state index in [1.54, 1.807) is 25.3 Å². The second-order valence-electron chi connectivity index (χ2n) is 5.14. The van der Waals surface area contributed by atoms with E-state index in [2.05, 4.69) is 10.2 Å². The molecule has 134 valence electrons. The number of ether oxygens (including phenoxy) is 2. The predicted octanol–water partition coefficient (Wildman–Crippen LogP) is 4.23. The van der Waals surface area contributed by atoms with Gasteiger partial charge in [0.05, 0.1) is 7.11 Å². The predicted molar refractivity (Wildman–Crippen MR) is 98.3 cm³/mol. The number of rotatable bonds is 7. The minimum atomic E-state index is -0.390. The maximum atomic E-state index is 11.9. The quantitative estimate of drug-likeness (QED) is 0.441. The Morgan fingerprint density at radius 1 is 1.15 bits per heavy atom. The van der Waals surface area contributed by atoms with Gasteiger partial charge >= 0.3 is 5.97 Å². The van der Waals surface area contributed by atoms with E-state index in [-0.39, 0.29) is 18.3 Å². The Bertz CT molecular complexity index is 883. The van der Waals surface area contributed by atoms with Crippen molar-refractivity contribution in [3.63, 3.8) is 0 Å². The smallest absolute Gasteiger partial charge is 0.316 e. The summed E-state index contributed by atoms with van der Waals surface area (Å²) in [6, 6.07) is 14.5. The summed E-state index contributed by atoms with van der Waals surface area (Å²) in [5, 5.41) is 8.76. The van der Waals surface area contributed by atoms with Crippen LogP contribution in [0.2, 0.25) is 5.02 Å². The molecule has 1 heterocycles. The average molecular weight is 391 g/mol. The van der Waals surface area contributed by atoms with Gasteiger partial charge in [0.2, 0.25) is 5.89 Å². The number of benzene rings is 2.